The molecule has 0 unspecified atom stereocenters. The highest BCUT2D eigenvalue weighted by Gasteiger charge is 2.26. The van der Waals surface area contributed by atoms with E-state index in [1.807, 2.05) is 0 Å². The van der Waals surface area contributed by atoms with Gasteiger partial charge in [-0.25, -0.2) is 13.4 Å². The molecule has 7 heteroatoms. The number of pyridine rings is 1. The molecule has 0 spiro atoms. The molecular weight excluding hydrogens is 254 g/mol. The first-order chi connectivity index (χ1) is 8.57. The standard InChI is InChI=1S/C11H19N3O3S/c1-4-14(8-9-17-3)18(15,16)11-10(12-2)6-5-7-13-11/h5-7,12H,4,8-9H2,1-3H3. The van der Waals surface area contributed by atoms with Crippen LogP contribution in [0.3, 0.4) is 0 Å². The molecule has 18 heavy (non-hydrogen) atoms. The van der Waals surface area contributed by atoms with E-state index in [0.717, 1.165) is 0 Å². The Hall–Kier alpha value is -1.18. The summed E-state index contributed by atoms with van der Waals surface area (Å²) in [7, 11) is -0.376. The van der Waals surface area contributed by atoms with Gasteiger partial charge in [0.15, 0.2) is 5.03 Å². The first-order valence-corrected chi connectivity index (χ1v) is 7.13. The summed E-state index contributed by atoms with van der Waals surface area (Å²) in [5.41, 5.74) is 0.494. The largest absolute Gasteiger partial charge is 0.386 e. The predicted molar refractivity (Wildman–Crippen MR) is 70.1 cm³/mol. The van der Waals surface area contributed by atoms with Gasteiger partial charge in [0.25, 0.3) is 10.0 Å². The van der Waals surface area contributed by atoms with Crippen molar-refractivity contribution in [1.82, 2.24) is 9.29 Å². The lowest BCUT2D eigenvalue weighted by Gasteiger charge is -2.20. The molecule has 6 nitrogen and oxygen atoms in total. The lowest BCUT2D eigenvalue weighted by Crippen LogP contribution is -2.34. The number of hydrogen-bond donors (Lipinski definition) is 1. The van der Waals surface area contributed by atoms with Crippen LogP contribution in [0.4, 0.5) is 5.69 Å². The van der Waals surface area contributed by atoms with E-state index in [-0.39, 0.29) is 5.03 Å². The number of nitrogens with one attached hydrogen (secondary N) is 1. The lowest BCUT2D eigenvalue weighted by molar-refractivity contribution is 0.180. The Kier molecular flexibility index (Phi) is 5.52. The van der Waals surface area contributed by atoms with E-state index in [4.69, 9.17) is 4.74 Å². The summed E-state index contributed by atoms with van der Waals surface area (Å²) < 4.78 is 31.1. The highest BCUT2D eigenvalue weighted by molar-refractivity contribution is 7.89. The Bertz CT molecular complexity index is 476. The molecule has 0 bridgehead atoms. The molecule has 1 aromatic heterocycles. The zero-order valence-electron chi connectivity index (χ0n) is 10.9. The van der Waals surface area contributed by atoms with E-state index in [9.17, 15) is 8.42 Å². The molecule has 1 rings (SSSR count). The maximum Gasteiger partial charge on any atom is 0.262 e. The number of rotatable bonds is 7. The Morgan fingerprint density at radius 1 is 1.50 bits per heavy atom. The summed E-state index contributed by atoms with van der Waals surface area (Å²) in [5, 5.41) is 2.88. The minimum Gasteiger partial charge on any atom is -0.386 e. The van der Waals surface area contributed by atoms with Gasteiger partial charge in [0.05, 0.1) is 12.3 Å². The van der Waals surface area contributed by atoms with Crippen molar-refractivity contribution in [1.29, 1.82) is 0 Å². The minimum atomic E-state index is -3.59. The zero-order valence-corrected chi connectivity index (χ0v) is 11.7. The van der Waals surface area contributed by atoms with Gasteiger partial charge in [-0.15, -0.1) is 0 Å². The van der Waals surface area contributed by atoms with Crippen molar-refractivity contribution in [3.8, 4) is 0 Å². The van der Waals surface area contributed by atoms with Crippen LogP contribution in [0.25, 0.3) is 0 Å². The molecule has 1 N–H and O–H groups in total. The van der Waals surface area contributed by atoms with Crippen LogP contribution < -0.4 is 5.32 Å². The molecule has 0 radical (unpaired) electrons. The quantitative estimate of drug-likeness (QED) is 0.795. The Balaban J connectivity index is 3.10. The molecule has 102 valence electrons. The van der Waals surface area contributed by atoms with Crippen molar-refractivity contribution in [3.05, 3.63) is 18.3 Å². The van der Waals surface area contributed by atoms with E-state index < -0.39 is 10.0 Å². The topological polar surface area (TPSA) is 71.5 Å². The van der Waals surface area contributed by atoms with Gasteiger partial charge in [-0.05, 0) is 12.1 Å². The normalized spacial score (nSPS) is 11.8. The van der Waals surface area contributed by atoms with Gasteiger partial charge >= 0.3 is 0 Å². The van der Waals surface area contributed by atoms with Gasteiger partial charge in [-0.1, -0.05) is 6.92 Å². The second kappa shape index (κ2) is 6.67. The molecule has 0 aromatic carbocycles. The Morgan fingerprint density at radius 2 is 2.22 bits per heavy atom. The SMILES string of the molecule is CCN(CCOC)S(=O)(=O)c1ncccc1NC. The van der Waals surface area contributed by atoms with Crippen LogP contribution in [-0.2, 0) is 14.8 Å². The molecule has 0 atom stereocenters. The van der Waals surface area contributed by atoms with Gasteiger partial charge in [-0.3, -0.25) is 0 Å². The summed E-state index contributed by atoms with van der Waals surface area (Å²) >= 11 is 0. The summed E-state index contributed by atoms with van der Waals surface area (Å²) in [6, 6.07) is 3.38. The summed E-state index contributed by atoms with van der Waals surface area (Å²) in [5.74, 6) is 0. The molecule has 0 amide bonds. The van der Waals surface area contributed by atoms with Gasteiger partial charge in [0.1, 0.15) is 0 Å². The minimum absolute atomic E-state index is 0.0467. The van der Waals surface area contributed by atoms with E-state index in [0.29, 0.717) is 25.4 Å². The molecule has 0 fully saturated rings. The number of sulfonamides is 1. The molecule has 0 aliphatic heterocycles. The second-order valence-corrected chi connectivity index (χ2v) is 5.45. The number of nitrogens with zero attached hydrogens (tertiary/aromatic N) is 2. The predicted octanol–water partition coefficient (Wildman–Crippen LogP) is 0.780. The summed E-state index contributed by atoms with van der Waals surface area (Å²) in [4.78, 5) is 3.97. The molecule has 0 saturated heterocycles. The van der Waals surface area contributed by atoms with E-state index in [2.05, 4.69) is 10.3 Å². The van der Waals surface area contributed by atoms with Crippen molar-refractivity contribution in [2.45, 2.75) is 11.9 Å². The number of likely N-dealkylation sites (N-methyl/N-ethyl adjacent to an activating group) is 1. The number of hydrogen-bond acceptors (Lipinski definition) is 5. The van der Waals surface area contributed by atoms with E-state index in [1.54, 1.807) is 33.2 Å². The number of anilines is 1. The fourth-order valence-electron chi connectivity index (χ4n) is 1.55. The van der Waals surface area contributed by atoms with Crippen LogP contribution in [0, 0.1) is 0 Å². The highest BCUT2D eigenvalue weighted by Crippen LogP contribution is 2.21. The van der Waals surface area contributed by atoms with Gasteiger partial charge in [-0.2, -0.15) is 4.31 Å². The van der Waals surface area contributed by atoms with E-state index in [1.165, 1.54) is 10.5 Å². The molecule has 0 aliphatic carbocycles. The van der Waals surface area contributed by atoms with E-state index >= 15 is 0 Å². The third-order valence-electron chi connectivity index (χ3n) is 2.52. The maximum absolute atomic E-state index is 12.4. The fourth-order valence-corrected chi connectivity index (χ4v) is 3.09. The highest BCUT2D eigenvalue weighted by atomic mass is 32.2. The number of ether oxygens (including phenoxy) is 1. The summed E-state index contributed by atoms with van der Waals surface area (Å²) in [6.07, 6.45) is 1.47. The average Bonchev–Trinajstić information content (AvgIpc) is 2.39. The number of aromatic nitrogens is 1. The fraction of sp³-hybridized carbons (Fsp3) is 0.545. The first kappa shape index (κ1) is 14.9. The molecular formula is C11H19N3O3S. The lowest BCUT2D eigenvalue weighted by atomic mass is 10.4. The third kappa shape index (κ3) is 3.18. The Labute approximate surface area is 108 Å². The molecule has 1 aromatic rings. The Morgan fingerprint density at radius 3 is 2.78 bits per heavy atom. The van der Waals surface area contributed by atoms with Gasteiger partial charge in [0, 0.05) is 33.4 Å². The van der Waals surface area contributed by atoms with Crippen LogP contribution in [0.1, 0.15) is 6.92 Å². The third-order valence-corrected chi connectivity index (χ3v) is 4.46. The van der Waals surface area contributed by atoms with Crippen molar-refractivity contribution < 1.29 is 13.2 Å². The first-order valence-electron chi connectivity index (χ1n) is 5.69. The summed E-state index contributed by atoms with van der Waals surface area (Å²) in [6.45, 7) is 2.84. The van der Waals surface area contributed by atoms with Crippen molar-refractivity contribution in [2.24, 2.45) is 0 Å². The molecule has 0 aliphatic rings. The van der Waals surface area contributed by atoms with Crippen molar-refractivity contribution in [3.63, 3.8) is 0 Å². The smallest absolute Gasteiger partial charge is 0.262 e. The molecule has 0 saturated carbocycles. The molecule has 1 heterocycles. The average molecular weight is 273 g/mol. The van der Waals surface area contributed by atoms with Crippen LogP contribution in [-0.4, -0.2) is 51.6 Å². The second-order valence-electron chi connectivity index (χ2n) is 3.60. The van der Waals surface area contributed by atoms with Crippen LogP contribution in [0.2, 0.25) is 0 Å². The van der Waals surface area contributed by atoms with Crippen LogP contribution in [0.15, 0.2) is 23.4 Å². The van der Waals surface area contributed by atoms with Crippen LogP contribution >= 0.6 is 0 Å². The van der Waals surface area contributed by atoms with Crippen molar-refractivity contribution in [2.75, 3.05) is 39.2 Å². The van der Waals surface area contributed by atoms with Gasteiger partial charge in [0.2, 0.25) is 0 Å². The van der Waals surface area contributed by atoms with Crippen LogP contribution in [0.5, 0.6) is 0 Å². The zero-order chi connectivity index (χ0) is 13.6. The monoisotopic (exact) mass is 273 g/mol. The van der Waals surface area contributed by atoms with Gasteiger partial charge < -0.3 is 10.1 Å². The van der Waals surface area contributed by atoms with Crippen molar-refractivity contribution >= 4 is 15.7 Å². The number of methoxy groups -OCH3 is 1. The maximum atomic E-state index is 12.4.